The number of hydrogen-bond acceptors (Lipinski definition) is 7. The number of esters is 2. The largest absolute Gasteiger partial charge is 0.465 e. The average molecular weight is 447 g/mol. The molecule has 33 heavy (non-hydrogen) atoms. The molecule has 0 spiro atoms. The molecule has 2 aromatic heterocycles. The molecule has 3 rings (SSSR count). The summed E-state index contributed by atoms with van der Waals surface area (Å²) in [6, 6.07) is 13.9. The number of ether oxygens (including phenoxy) is 2. The van der Waals surface area contributed by atoms with E-state index >= 15 is 0 Å². The Morgan fingerprint density at radius 2 is 1.85 bits per heavy atom. The van der Waals surface area contributed by atoms with Crippen LogP contribution < -0.4 is 5.56 Å². The van der Waals surface area contributed by atoms with E-state index < -0.39 is 11.9 Å². The Labute approximate surface area is 191 Å². The van der Waals surface area contributed by atoms with Crippen LogP contribution in [0, 0.1) is 0 Å². The lowest BCUT2D eigenvalue weighted by Crippen LogP contribution is -2.24. The highest BCUT2D eigenvalue weighted by molar-refractivity contribution is 5.97. The van der Waals surface area contributed by atoms with Gasteiger partial charge < -0.3 is 9.47 Å². The molecule has 8 heteroatoms. The number of methoxy groups -OCH3 is 1. The van der Waals surface area contributed by atoms with Gasteiger partial charge in [-0.05, 0) is 39.0 Å². The lowest BCUT2D eigenvalue weighted by Gasteiger charge is -2.15. The number of pyridine rings is 1. The van der Waals surface area contributed by atoms with E-state index in [9.17, 15) is 14.4 Å². The van der Waals surface area contributed by atoms with Gasteiger partial charge in [-0.1, -0.05) is 30.3 Å². The Hall–Kier alpha value is -4.07. The van der Waals surface area contributed by atoms with Crippen LogP contribution in [0.15, 0.2) is 59.4 Å². The molecule has 3 aromatic rings. The summed E-state index contributed by atoms with van der Waals surface area (Å²) in [6.45, 7) is 5.65. The second kappa shape index (κ2) is 10.5. The standard InChI is InChI=1S/C25H25N3O5/c1-5-33-23(30)14-12-20-19(25(31)32-4)15-18(24(26-20)17-9-7-6-8-10-17)21-11-13-22(29)28(27-21)16(2)3/h6-16H,5H2,1-4H3/b14-12+. The number of nitrogens with zero attached hydrogens (tertiary/aromatic N) is 3. The number of benzene rings is 1. The summed E-state index contributed by atoms with van der Waals surface area (Å²) in [7, 11) is 1.27. The van der Waals surface area contributed by atoms with Gasteiger partial charge in [-0.3, -0.25) is 4.79 Å². The van der Waals surface area contributed by atoms with Gasteiger partial charge >= 0.3 is 11.9 Å². The van der Waals surface area contributed by atoms with E-state index in [1.807, 2.05) is 44.2 Å². The number of hydrogen-bond donors (Lipinski definition) is 0. The van der Waals surface area contributed by atoms with Crippen molar-refractivity contribution >= 4 is 18.0 Å². The first kappa shape index (κ1) is 23.6. The average Bonchev–Trinajstić information content (AvgIpc) is 2.82. The van der Waals surface area contributed by atoms with Gasteiger partial charge in [0.05, 0.1) is 42.4 Å². The van der Waals surface area contributed by atoms with Crippen molar-refractivity contribution < 1.29 is 19.1 Å². The smallest absolute Gasteiger partial charge is 0.340 e. The molecule has 170 valence electrons. The molecule has 0 atom stereocenters. The van der Waals surface area contributed by atoms with E-state index in [0.29, 0.717) is 17.0 Å². The minimum absolute atomic E-state index is 0.150. The third-order valence-electron chi connectivity index (χ3n) is 4.76. The topological polar surface area (TPSA) is 100 Å². The molecule has 0 amide bonds. The summed E-state index contributed by atoms with van der Waals surface area (Å²) in [4.78, 5) is 41.4. The van der Waals surface area contributed by atoms with E-state index in [0.717, 1.165) is 5.56 Å². The highest BCUT2D eigenvalue weighted by Crippen LogP contribution is 2.32. The molecule has 0 radical (unpaired) electrons. The van der Waals surface area contributed by atoms with Crippen molar-refractivity contribution in [1.82, 2.24) is 14.8 Å². The van der Waals surface area contributed by atoms with Crippen molar-refractivity contribution in [3.05, 3.63) is 76.2 Å². The number of aromatic nitrogens is 3. The molecule has 0 N–H and O–H groups in total. The summed E-state index contributed by atoms with van der Waals surface area (Å²) >= 11 is 0. The fourth-order valence-electron chi connectivity index (χ4n) is 3.22. The molecule has 0 aliphatic carbocycles. The first-order chi connectivity index (χ1) is 15.8. The SMILES string of the molecule is CCOC(=O)/C=C/c1nc(-c2ccccc2)c(-c2ccc(=O)n(C(C)C)n2)cc1C(=O)OC. The Balaban J connectivity index is 2.30. The van der Waals surface area contributed by atoms with Crippen LogP contribution in [0.5, 0.6) is 0 Å². The lowest BCUT2D eigenvalue weighted by atomic mass is 9.99. The Bertz CT molecular complexity index is 1250. The fraction of sp³-hybridized carbons (Fsp3) is 0.240. The summed E-state index contributed by atoms with van der Waals surface area (Å²) in [5.41, 5.74) is 2.49. The van der Waals surface area contributed by atoms with E-state index in [4.69, 9.17) is 14.5 Å². The molecule has 0 bridgehead atoms. The van der Waals surface area contributed by atoms with Gasteiger partial charge in [0.1, 0.15) is 0 Å². The lowest BCUT2D eigenvalue weighted by molar-refractivity contribution is -0.137. The van der Waals surface area contributed by atoms with E-state index in [2.05, 4.69) is 5.10 Å². The molecule has 0 saturated carbocycles. The predicted octanol–water partition coefficient (Wildman–Crippen LogP) is 3.92. The zero-order valence-electron chi connectivity index (χ0n) is 18.9. The van der Waals surface area contributed by atoms with Crippen LogP contribution >= 0.6 is 0 Å². The second-order valence-corrected chi connectivity index (χ2v) is 7.36. The van der Waals surface area contributed by atoms with Crippen LogP contribution in [0.25, 0.3) is 28.6 Å². The molecule has 1 aromatic carbocycles. The molecular formula is C25H25N3O5. The number of rotatable bonds is 7. The third kappa shape index (κ3) is 5.41. The van der Waals surface area contributed by atoms with Crippen molar-refractivity contribution in [2.24, 2.45) is 0 Å². The van der Waals surface area contributed by atoms with Gasteiger partial charge in [0.15, 0.2) is 0 Å². The summed E-state index contributed by atoms with van der Waals surface area (Å²) in [5.74, 6) is -1.17. The molecule has 2 heterocycles. The van der Waals surface area contributed by atoms with Crippen LogP contribution in [-0.2, 0) is 14.3 Å². The van der Waals surface area contributed by atoms with Gasteiger partial charge in [0, 0.05) is 23.3 Å². The first-order valence-electron chi connectivity index (χ1n) is 10.5. The first-order valence-corrected chi connectivity index (χ1v) is 10.5. The van der Waals surface area contributed by atoms with Crippen LogP contribution in [0.3, 0.4) is 0 Å². The minimum Gasteiger partial charge on any atom is -0.465 e. The summed E-state index contributed by atoms with van der Waals surface area (Å²) in [6.07, 6.45) is 2.63. The van der Waals surface area contributed by atoms with Gasteiger partial charge in [-0.2, -0.15) is 5.10 Å². The maximum absolute atomic E-state index is 12.6. The summed E-state index contributed by atoms with van der Waals surface area (Å²) in [5, 5.41) is 4.50. The Morgan fingerprint density at radius 1 is 1.12 bits per heavy atom. The highest BCUT2D eigenvalue weighted by atomic mass is 16.5. The molecule has 0 fully saturated rings. The van der Waals surface area contributed by atoms with Gasteiger partial charge in [0.25, 0.3) is 5.56 Å². The van der Waals surface area contributed by atoms with E-state index in [1.54, 1.807) is 19.1 Å². The molecule has 0 saturated heterocycles. The van der Waals surface area contributed by atoms with Crippen LogP contribution in [0.4, 0.5) is 0 Å². The molecule has 8 nitrogen and oxygen atoms in total. The number of carbonyl (C=O) groups is 2. The zero-order valence-corrected chi connectivity index (χ0v) is 18.9. The fourth-order valence-corrected chi connectivity index (χ4v) is 3.22. The van der Waals surface area contributed by atoms with E-state index in [-0.39, 0.29) is 29.5 Å². The van der Waals surface area contributed by atoms with Crippen molar-refractivity contribution in [2.45, 2.75) is 26.8 Å². The van der Waals surface area contributed by atoms with E-state index in [1.165, 1.54) is 30.0 Å². The zero-order chi connectivity index (χ0) is 24.0. The quantitative estimate of drug-likeness (QED) is 0.400. The normalized spacial score (nSPS) is 11.1. The molecule has 0 unspecified atom stereocenters. The van der Waals surface area contributed by atoms with Crippen LogP contribution in [0.1, 0.15) is 42.9 Å². The Kier molecular flexibility index (Phi) is 7.50. The maximum Gasteiger partial charge on any atom is 0.340 e. The molecule has 0 aliphatic heterocycles. The van der Waals surface area contributed by atoms with Crippen molar-refractivity contribution in [3.63, 3.8) is 0 Å². The van der Waals surface area contributed by atoms with Crippen LogP contribution in [-0.4, -0.2) is 40.4 Å². The monoisotopic (exact) mass is 447 g/mol. The van der Waals surface area contributed by atoms with Gasteiger partial charge in [-0.15, -0.1) is 0 Å². The molecule has 0 aliphatic rings. The maximum atomic E-state index is 12.6. The van der Waals surface area contributed by atoms with Crippen molar-refractivity contribution in [2.75, 3.05) is 13.7 Å². The van der Waals surface area contributed by atoms with Crippen molar-refractivity contribution in [1.29, 1.82) is 0 Å². The Morgan fingerprint density at radius 3 is 2.48 bits per heavy atom. The van der Waals surface area contributed by atoms with Gasteiger partial charge in [0.2, 0.25) is 0 Å². The summed E-state index contributed by atoms with van der Waals surface area (Å²) < 4.78 is 11.2. The minimum atomic E-state index is -0.621. The second-order valence-electron chi connectivity index (χ2n) is 7.36. The number of carbonyl (C=O) groups excluding carboxylic acids is 2. The van der Waals surface area contributed by atoms with Gasteiger partial charge in [-0.25, -0.2) is 19.3 Å². The predicted molar refractivity (Wildman–Crippen MR) is 125 cm³/mol. The van der Waals surface area contributed by atoms with Crippen LogP contribution in [0.2, 0.25) is 0 Å². The third-order valence-corrected chi connectivity index (χ3v) is 4.76. The highest BCUT2D eigenvalue weighted by Gasteiger charge is 2.20. The van der Waals surface area contributed by atoms with Crippen molar-refractivity contribution in [3.8, 4) is 22.5 Å². The molecular weight excluding hydrogens is 422 g/mol.